The number of nitriles is 1. The molecule has 0 aromatic carbocycles. The van der Waals surface area contributed by atoms with Crippen LogP contribution in [0.1, 0.15) is 17.0 Å². The number of nitrogens with zero attached hydrogens (tertiary/aromatic N) is 4. The van der Waals surface area contributed by atoms with Gasteiger partial charge in [0.1, 0.15) is 5.69 Å². The second-order valence-electron chi connectivity index (χ2n) is 4.80. The number of aromatic nitrogens is 2. The summed E-state index contributed by atoms with van der Waals surface area (Å²) in [5.74, 6) is -0.180. The van der Waals surface area contributed by atoms with E-state index in [1.165, 1.54) is 0 Å². The summed E-state index contributed by atoms with van der Waals surface area (Å²) in [5, 5.41) is 15.5. The highest BCUT2D eigenvalue weighted by Crippen LogP contribution is 2.16. The molecular weight excluding hydrogens is 270 g/mol. The highest BCUT2D eigenvalue weighted by atomic mass is 16.5. The van der Waals surface area contributed by atoms with Crippen molar-refractivity contribution in [3.8, 4) is 17.6 Å². The van der Waals surface area contributed by atoms with Crippen LogP contribution in [0.4, 0.5) is 0 Å². The van der Waals surface area contributed by atoms with Crippen molar-refractivity contribution < 1.29 is 9.32 Å². The standard InChI is InChI=1S/C14H13N5O2/c15-9-19-6-4-10(8-19)17-14(20)13-7-12(18-21-13)11-3-1-2-5-16-11/h1-3,5,7,10H,4,6,8H2,(H,17,20). The average molecular weight is 283 g/mol. The molecule has 1 saturated heterocycles. The van der Waals surface area contributed by atoms with Gasteiger partial charge in [0.2, 0.25) is 5.76 Å². The molecule has 0 bridgehead atoms. The van der Waals surface area contributed by atoms with E-state index < -0.39 is 0 Å². The molecule has 106 valence electrons. The van der Waals surface area contributed by atoms with Crippen molar-refractivity contribution in [2.75, 3.05) is 13.1 Å². The maximum Gasteiger partial charge on any atom is 0.290 e. The van der Waals surface area contributed by atoms with Crippen molar-refractivity contribution in [3.05, 3.63) is 36.2 Å². The van der Waals surface area contributed by atoms with Gasteiger partial charge >= 0.3 is 0 Å². The van der Waals surface area contributed by atoms with Crippen molar-refractivity contribution in [1.82, 2.24) is 20.4 Å². The molecule has 3 rings (SSSR count). The average Bonchev–Trinajstić information content (AvgIpc) is 3.17. The molecule has 2 aromatic rings. The highest BCUT2D eigenvalue weighted by Gasteiger charge is 2.25. The van der Waals surface area contributed by atoms with Gasteiger partial charge in [0.25, 0.3) is 5.91 Å². The fourth-order valence-electron chi connectivity index (χ4n) is 2.24. The number of nitrogens with one attached hydrogen (secondary N) is 1. The zero-order chi connectivity index (χ0) is 14.7. The Hall–Kier alpha value is -2.88. The first-order valence-electron chi connectivity index (χ1n) is 6.60. The lowest BCUT2D eigenvalue weighted by atomic mass is 10.2. The molecule has 3 heterocycles. The largest absolute Gasteiger partial charge is 0.350 e. The molecule has 0 radical (unpaired) electrons. The molecule has 1 fully saturated rings. The number of carbonyl (C=O) groups is 1. The smallest absolute Gasteiger partial charge is 0.290 e. The first-order valence-corrected chi connectivity index (χ1v) is 6.60. The normalized spacial score (nSPS) is 17.5. The molecule has 0 aliphatic carbocycles. The second kappa shape index (κ2) is 5.63. The summed E-state index contributed by atoms with van der Waals surface area (Å²) < 4.78 is 5.06. The van der Waals surface area contributed by atoms with Gasteiger partial charge < -0.3 is 14.7 Å². The number of rotatable bonds is 3. The molecule has 21 heavy (non-hydrogen) atoms. The minimum absolute atomic E-state index is 0.0412. The lowest BCUT2D eigenvalue weighted by Crippen LogP contribution is -2.36. The molecule has 7 nitrogen and oxygen atoms in total. The minimum Gasteiger partial charge on any atom is -0.350 e. The molecular formula is C14H13N5O2. The Bertz CT molecular complexity index is 676. The Labute approximate surface area is 121 Å². The van der Waals surface area contributed by atoms with E-state index in [0.29, 0.717) is 24.5 Å². The van der Waals surface area contributed by atoms with Crippen molar-refractivity contribution in [3.63, 3.8) is 0 Å². The molecule has 1 aliphatic rings. The van der Waals surface area contributed by atoms with Crippen LogP contribution in [0.25, 0.3) is 11.4 Å². The molecule has 1 amide bonds. The summed E-state index contributed by atoms with van der Waals surface area (Å²) in [6.45, 7) is 1.19. The molecule has 1 atom stereocenters. The number of hydrogen-bond donors (Lipinski definition) is 1. The fourth-order valence-corrected chi connectivity index (χ4v) is 2.24. The van der Waals surface area contributed by atoms with Crippen LogP contribution >= 0.6 is 0 Å². The van der Waals surface area contributed by atoms with Gasteiger partial charge in [-0.15, -0.1) is 0 Å². The molecule has 1 N–H and O–H groups in total. The minimum atomic E-state index is -0.325. The number of hydrogen-bond acceptors (Lipinski definition) is 6. The van der Waals surface area contributed by atoms with Crippen LogP contribution in [0.3, 0.4) is 0 Å². The molecule has 1 unspecified atom stereocenters. The van der Waals surface area contributed by atoms with E-state index in [1.807, 2.05) is 6.07 Å². The van der Waals surface area contributed by atoms with Gasteiger partial charge in [-0.3, -0.25) is 9.78 Å². The van der Waals surface area contributed by atoms with Crippen molar-refractivity contribution >= 4 is 5.91 Å². The summed E-state index contributed by atoms with van der Waals surface area (Å²) in [7, 11) is 0. The van der Waals surface area contributed by atoms with Gasteiger partial charge in [-0.05, 0) is 18.6 Å². The second-order valence-corrected chi connectivity index (χ2v) is 4.80. The molecule has 7 heteroatoms. The van der Waals surface area contributed by atoms with Crippen LogP contribution < -0.4 is 5.32 Å². The molecule has 0 spiro atoms. The van der Waals surface area contributed by atoms with Crippen LogP contribution in [0.2, 0.25) is 0 Å². The number of likely N-dealkylation sites (tertiary alicyclic amines) is 1. The molecule has 0 saturated carbocycles. The van der Waals surface area contributed by atoms with Gasteiger partial charge in [0, 0.05) is 31.4 Å². The summed E-state index contributed by atoms with van der Waals surface area (Å²) in [6, 6.07) is 6.96. The molecule has 1 aliphatic heterocycles. The van der Waals surface area contributed by atoms with Gasteiger partial charge in [0.05, 0.1) is 5.69 Å². The van der Waals surface area contributed by atoms with E-state index in [-0.39, 0.29) is 17.7 Å². The van der Waals surface area contributed by atoms with Crippen LogP contribution in [0.5, 0.6) is 0 Å². The first-order chi connectivity index (χ1) is 10.3. The summed E-state index contributed by atoms with van der Waals surface area (Å²) >= 11 is 0. The maximum atomic E-state index is 12.1. The number of carbonyl (C=O) groups excluding carboxylic acids is 1. The Morgan fingerprint density at radius 3 is 3.10 bits per heavy atom. The lowest BCUT2D eigenvalue weighted by molar-refractivity contribution is 0.0901. The Morgan fingerprint density at radius 2 is 2.38 bits per heavy atom. The number of amides is 1. The fraction of sp³-hybridized carbons (Fsp3) is 0.286. The van der Waals surface area contributed by atoms with Crippen molar-refractivity contribution in [2.24, 2.45) is 0 Å². The Kier molecular flexibility index (Phi) is 3.51. The predicted octanol–water partition coefficient (Wildman–Crippen LogP) is 1.02. The van der Waals surface area contributed by atoms with Gasteiger partial charge in [-0.1, -0.05) is 11.2 Å². The third-order valence-electron chi connectivity index (χ3n) is 3.33. The monoisotopic (exact) mass is 283 g/mol. The SMILES string of the molecule is N#CN1CCC(NC(=O)c2cc(-c3ccccn3)no2)C1. The Balaban J connectivity index is 1.67. The van der Waals surface area contributed by atoms with Gasteiger partial charge in [0.15, 0.2) is 6.19 Å². The van der Waals surface area contributed by atoms with Crippen LogP contribution in [-0.4, -0.2) is 40.1 Å². The summed E-state index contributed by atoms with van der Waals surface area (Å²) in [4.78, 5) is 17.8. The van der Waals surface area contributed by atoms with E-state index in [0.717, 1.165) is 6.42 Å². The Morgan fingerprint density at radius 1 is 1.48 bits per heavy atom. The quantitative estimate of drug-likeness (QED) is 0.845. The van der Waals surface area contributed by atoms with E-state index in [2.05, 4.69) is 21.7 Å². The van der Waals surface area contributed by atoms with Crippen LogP contribution in [0.15, 0.2) is 35.0 Å². The lowest BCUT2D eigenvalue weighted by Gasteiger charge is -2.10. The van der Waals surface area contributed by atoms with E-state index in [1.54, 1.807) is 29.3 Å². The highest BCUT2D eigenvalue weighted by molar-refractivity contribution is 5.92. The first kappa shape index (κ1) is 13.1. The zero-order valence-corrected chi connectivity index (χ0v) is 11.2. The third kappa shape index (κ3) is 2.84. The summed E-state index contributed by atoms with van der Waals surface area (Å²) in [6.07, 6.45) is 4.47. The zero-order valence-electron chi connectivity index (χ0n) is 11.2. The van der Waals surface area contributed by atoms with E-state index >= 15 is 0 Å². The number of pyridine rings is 1. The van der Waals surface area contributed by atoms with Gasteiger partial charge in [-0.2, -0.15) is 5.26 Å². The summed E-state index contributed by atoms with van der Waals surface area (Å²) in [5.41, 5.74) is 1.17. The topological polar surface area (TPSA) is 95.1 Å². The maximum absolute atomic E-state index is 12.1. The van der Waals surface area contributed by atoms with Gasteiger partial charge in [-0.25, -0.2) is 0 Å². The third-order valence-corrected chi connectivity index (χ3v) is 3.33. The van der Waals surface area contributed by atoms with Crippen LogP contribution in [-0.2, 0) is 0 Å². The van der Waals surface area contributed by atoms with Crippen molar-refractivity contribution in [2.45, 2.75) is 12.5 Å². The molecule has 2 aromatic heterocycles. The van der Waals surface area contributed by atoms with E-state index in [9.17, 15) is 4.79 Å². The van der Waals surface area contributed by atoms with Crippen molar-refractivity contribution in [1.29, 1.82) is 5.26 Å². The van der Waals surface area contributed by atoms with E-state index in [4.69, 9.17) is 9.78 Å². The van der Waals surface area contributed by atoms with Crippen LogP contribution in [0, 0.1) is 11.5 Å². The predicted molar refractivity (Wildman–Crippen MR) is 72.8 cm³/mol.